The van der Waals surface area contributed by atoms with E-state index in [1.54, 1.807) is 12.1 Å². The molecule has 0 atom stereocenters. The van der Waals surface area contributed by atoms with E-state index >= 15 is 0 Å². The minimum Gasteiger partial charge on any atom is -0.324 e. The molecule has 2 saturated carbocycles. The van der Waals surface area contributed by atoms with Crippen LogP contribution in [0.15, 0.2) is 18.2 Å². The van der Waals surface area contributed by atoms with E-state index < -0.39 is 0 Å². The first-order valence-corrected chi connectivity index (χ1v) is 5.64. The van der Waals surface area contributed by atoms with Crippen LogP contribution in [0.5, 0.6) is 0 Å². The molecule has 3 rings (SSSR count). The van der Waals surface area contributed by atoms with Gasteiger partial charge in [-0.05, 0) is 49.8 Å². The Kier molecular flexibility index (Phi) is 1.63. The monoisotopic (exact) mass is 205 g/mol. The minimum absolute atomic E-state index is 0.0254. The van der Waals surface area contributed by atoms with E-state index in [2.05, 4.69) is 0 Å². The fraction of sp³-hybridized carbons (Fsp3) is 0.538. The lowest BCUT2D eigenvalue weighted by atomic mass is 9.83. The number of aryl methyl sites for hydroxylation is 1. The summed E-state index contributed by atoms with van der Waals surface area (Å²) in [5.41, 5.74) is 8.12. The molecule has 2 aliphatic carbocycles. The molecule has 0 radical (unpaired) electrons. The largest absolute Gasteiger partial charge is 0.324 e. The maximum absolute atomic E-state index is 13.9. The summed E-state index contributed by atoms with van der Waals surface area (Å²) in [4.78, 5) is 0. The number of nitrogens with two attached hydrogens (primary N) is 1. The van der Waals surface area contributed by atoms with Gasteiger partial charge in [0.2, 0.25) is 0 Å². The van der Waals surface area contributed by atoms with Crippen LogP contribution < -0.4 is 5.73 Å². The van der Waals surface area contributed by atoms with Gasteiger partial charge in [-0.25, -0.2) is 4.39 Å². The van der Waals surface area contributed by atoms with Crippen molar-refractivity contribution in [2.24, 2.45) is 5.73 Å². The van der Waals surface area contributed by atoms with E-state index in [0.717, 1.165) is 36.8 Å². The van der Waals surface area contributed by atoms with Gasteiger partial charge in [-0.1, -0.05) is 12.1 Å². The molecule has 0 heterocycles. The average Bonchev–Trinajstić information content (AvgIpc) is 3.02. The molecule has 0 unspecified atom stereocenters. The van der Waals surface area contributed by atoms with Crippen LogP contribution in [0.4, 0.5) is 4.39 Å². The Morgan fingerprint density at radius 3 is 2.33 bits per heavy atom. The zero-order valence-electron chi connectivity index (χ0n) is 9.02. The highest BCUT2D eigenvalue weighted by Crippen LogP contribution is 2.64. The standard InChI is InChI=1S/C13H16FN/c1-9-3-2-4-10(14)11(9)12(5-6-12)13(15)7-8-13/h2-4H,5-8,15H2,1H3. The lowest BCUT2D eigenvalue weighted by Gasteiger charge is -2.25. The third-order valence-electron chi connectivity index (χ3n) is 4.19. The predicted molar refractivity (Wildman–Crippen MR) is 58.2 cm³/mol. The molecule has 2 heteroatoms. The van der Waals surface area contributed by atoms with Gasteiger partial charge in [0.1, 0.15) is 5.82 Å². The average molecular weight is 205 g/mol. The van der Waals surface area contributed by atoms with E-state index in [1.807, 2.05) is 13.0 Å². The summed E-state index contributed by atoms with van der Waals surface area (Å²) < 4.78 is 13.9. The zero-order chi connectivity index (χ0) is 10.7. The lowest BCUT2D eigenvalue weighted by molar-refractivity contribution is 0.471. The minimum atomic E-state index is -0.0973. The van der Waals surface area contributed by atoms with Crippen molar-refractivity contribution in [3.05, 3.63) is 35.1 Å². The third kappa shape index (κ3) is 1.11. The van der Waals surface area contributed by atoms with Gasteiger partial charge in [0.05, 0.1) is 0 Å². The first-order chi connectivity index (χ1) is 7.09. The quantitative estimate of drug-likeness (QED) is 0.789. The Bertz CT molecular complexity index is 396. The molecule has 0 aliphatic heterocycles. The molecule has 80 valence electrons. The van der Waals surface area contributed by atoms with Crippen LogP contribution in [0, 0.1) is 12.7 Å². The summed E-state index contributed by atoms with van der Waals surface area (Å²) in [5.74, 6) is -0.0655. The summed E-state index contributed by atoms with van der Waals surface area (Å²) in [5, 5.41) is 0. The summed E-state index contributed by atoms with van der Waals surface area (Å²) in [6, 6.07) is 5.33. The summed E-state index contributed by atoms with van der Waals surface area (Å²) >= 11 is 0. The molecule has 1 aromatic carbocycles. The molecule has 2 N–H and O–H groups in total. The Morgan fingerprint density at radius 1 is 1.20 bits per heavy atom. The van der Waals surface area contributed by atoms with Crippen molar-refractivity contribution in [1.29, 1.82) is 0 Å². The van der Waals surface area contributed by atoms with Gasteiger partial charge in [-0.3, -0.25) is 0 Å². The topological polar surface area (TPSA) is 26.0 Å². The molecule has 0 aromatic heterocycles. The van der Waals surface area contributed by atoms with E-state index in [1.165, 1.54) is 0 Å². The number of benzene rings is 1. The highest BCUT2D eigenvalue weighted by atomic mass is 19.1. The molecular formula is C13H16FN. The summed E-state index contributed by atoms with van der Waals surface area (Å²) in [6.45, 7) is 1.99. The molecule has 1 nitrogen and oxygen atoms in total. The van der Waals surface area contributed by atoms with Crippen molar-refractivity contribution in [2.75, 3.05) is 0 Å². The zero-order valence-corrected chi connectivity index (χ0v) is 9.02. The van der Waals surface area contributed by atoms with Gasteiger partial charge in [0.15, 0.2) is 0 Å². The molecule has 2 fully saturated rings. The lowest BCUT2D eigenvalue weighted by Crippen LogP contribution is -2.38. The van der Waals surface area contributed by atoms with E-state index in [9.17, 15) is 4.39 Å². The van der Waals surface area contributed by atoms with Crippen molar-refractivity contribution in [2.45, 2.75) is 43.6 Å². The maximum atomic E-state index is 13.9. The molecule has 15 heavy (non-hydrogen) atoms. The van der Waals surface area contributed by atoms with Crippen LogP contribution in [0.1, 0.15) is 36.8 Å². The van der Waals surface area contributed by atoms with Gasteiger partial charge in [0.25, 0.3) is 0 Å². The number of hydrogen-bond acceptors (Lipinski definition) is 1. The molecular weight excluding hydrogens is 189 g/mol. The SMILES string of the molecule is Cc1cccc(F)c1C1(C2(N)CC2)CC1. The van der Waals surface area contributed by atoms with Crippen molar-refractivity contribution < 1.29 is 4.39 Å². The summed E-state index contributed by atoms with van der Waals surface area (Å²) in [7, 11) is 0. The fourth-order valence-corrected chi connectivity index (χ4v) is 2.97. The van der Waals surface area contributed by atoms with Gasteiger partial charge in [-0.2, -0.15) is 0 Å². The molecule has 1 aromatic rings. The molecule has 0 spiro atoms. The van der Waals surface area contributed by atoms with Crippen LogP contribution in [-0.4, -0.2) is 5.54 Å². The Labute approximate surface area is 89.5 Å². The van der Waals surface area contributed by atoms with Crippen LogP contribution in [0.25, 0.3) is 0 Å². The Balaban J connectivity index is 2.13. The first-order valence-electron chi connectivity index (χ1n) is 5.64. The Hall–Kier alpha value is -0.890. The van der Waals surface area contributed by atoms with Crippen LogP contribution in [0.3, 0.4) is 0 Å². The van der Waals surface area contributed by atoms with Crippen molar-refractivity contribution in [1.82, 2.24) is 0 Å². The van der Waals surface area contributed by atoms with Crippen molar-refractivity contribution >= 4 is 0 Å². The number of rotatable bonds is 2. The van der Waals surface area contributed by atoms with Gasteiger partial charge in [0, 0.05) is 11.0 Å². The predicted octanol–water partition coefficient (Wildman–Crippen LogP) is 2.66. The van der Waals surface area contributed by atoms with Crippen LogP contribution >= 0.6 is 0 Å². The first kappa shape index (κ1) is 9.34. The summed E-state index contributed by atoms with van der Waals surface area (Å²) in [6.07, 6.45) is 4.23. The molecule has 2 aliphatic rings. The second-order valence-corrected chi connectivity index (χ2v) is 5.17. The molecule has 0 saturated heterocycles. The smallest absolute Gasteiger partial charge is 0.127 e. The second kappa shape index (κ2) is 2.62. The normalized spacial score (nSPS) is 25.0. The highest BCUT2D eigenvalue weighted by Gasteiger charge is 2.65. The van der Waals surface area contributed by atoms with E-state index in [-0.39, 0.29) is 16.8 Å². The van der Waals surface area contributed by atoms with Crippen molar-refractivity contribution in [3.8, 4) is 0 Å². The maximum Gasteiger partial charge on any atom is 0.127 e. The van der Waals surface area contributed by atoms with Crippen molar-refractivity contribution in [3.63, 3.8) is 0 Å². The van der Waals surface area contributed by atoms with Gasteiger partial charge >= 0.3 is 0 Å². The molecule has 0 bridgehead atoms. The second-order valence-electron chi connectivity index (χ2n) is 5.17. The van der Waals surface area contributed by atoms with Gasteiger partial charge in [-0.15, -0.1) is 0 Å². The Morgan fingerprint density at radius 2 is 1.87 bits per heavy atom. The number of hydrogen-bond donors (Lipinski definition) is 1. The molecule has 0 amide bonds. The fourth-order valence-electron chi connectivity index (χ4n) is 2.97. The van der Waals surface area contributed by atoms with E-state index in [0.29, 0.717) is 0 Å². The van der Waals surface area contributed by atoms with Gasteiger partial charge < -0.3 is 5.73 Å². The van der Waals surface area contributed by atoms with Crippen LogP contribution in [-0.2, 0) is 5.41 Å². The van der Waals surface area contributed by atoms with Crippen LogP contribution in [0.2, 0.25) is 0 Å². The van der Waals surface area contributed by atoms with E-state index in [4.69, 9.17) is 5.73 Å². The number of halogens is 1. The third-order valence-corrected chi connectivity index (χ3v) is 4.19. The highest BCUT2D eigenvalue weighted by molar-refractivity contribution is 5.45.